The predicted octanol–water partition coefficient (Wildman–Crippen LogP) is 2.66. The molecular weight excluding hydrogens is 338 g/mol. The van der Waals surface area contributed by atoms with Crippen molar-refractivity contribution in [1.82, 2.24) is 5.32 Å². The Morgan fingerprint density at radius 2 is 1.38 bits per heavy atom. The Balaban J connectivity index is 2.24. The van der Waals surface area contributed by atoms with Gasteiger partial charge in [0.25, 0.3) is 5.91 Å². The van der Waals surface area contributed by atoms with Crippen molar-refractivity contribution in [2.75, 3.05) is 35.5 Å². The Kier molecular flexibility index (Phi) is 6.54. The first kappa shape index (κ1) is 19.2. The molecule has 1 amide bonds. The third-order valence-electron chi connectivity index (χ3n) is 3.88. The number of hydrogen-bond donors (Lipinski definition) is 1. The van der Waals surface area contributed by atoms with Gasteiger partial charge >= 0.3 is 0 Å². The van der Waals surface area contributed by atoms with Gasteiger partial charge in [-0.05, 0) is 24.3 Å². The first-order valence-electron chi connectivity index (χ1n) is 7.87. The highest BCUT2D eigenvalue weighted by molar-refractivity contribution is 5.97. The van der Waals surface area contributed by atoms with Crippen LogP contribution in [0.4, 0.5) is 0 Å². The van der Waals surface area contributed by atoms with Crippen molar-refractivity contribution in [3.63, 3.8) is 0 Å². The molecule has 0 saturated carbocycles. The highest BCUT2D eigenvalue weighted by Crippen LogP contribution is 2.34. The van der Waals surface area contributed by atoms with E-state index >= 15 is 0 Å². The van der Waals surface area contributed by atoms with E-state index in [1.807, 2.05) is 0 Å². The second-order valence-corrected chi connectivity index (χ2v) is 5.27. The molecule has 0 atom stereocenters. The van der Waals surface area contributed by atoms with E-state index in [2.05, 4.69) is 5.32 Å². The SMILES string of the molecule is COc1ccc(OC)c(C(=O)NCc2cc(OC)c(OC)cc2OC)c1. The fourth-order valence-electron chi connectivity index (χ4n) is 2.49. The zero-order valence-corrected chi connectivity index (χ0v) is 15.5. The lowest BCUT2D eigenvalue weighted by Gasteiger charge is -2.15. The highest BCUT2D eigenvalue weighted by Gasteiger charge is 2.16. The molecule has 1 N–H and O–H groups in total. The molecule has 0 spiro atoms. The summed E-state index contributed by atoms with van der Waals surface area (Å²) >= 11 is 0. The molecule has 0 heterocycles. The largest absolute Gasteiger partial charge is 0.497 e. The van der Waals surface area contributed by atoms with E-state index in [4.69, 9.17) is 23.7 Å². The number of rotatable bonds is 8. The topological polar surface area (TPSA) is 75.3 Å². The van der Waals surface area contributed by atoms with Crippen molar-refractivity contribution in [2.45, 2.75) is 6.54 Å². The van der Waals surface area contributed by atoms with Crippen LogP contribution in [0.1, 0.15) is 15.9 Å². The normalized spacial score (nSPS) is 10.0. The maximum Gasteiger partial charge on any atom is 0.255 e. The third-order valence-corrected chi connectivity index (χ3v) is 3.88. The molecule has 7 nitrogen and oxygen atoms in total. The van der Waals surface area contributed by atoms with Crippen molar-refractivity contribution in [1.29, 1.82) is 0 Å². The number of amides is 1. The smallest absolute Gasteiger partial charge is 0.255 e. The molecule has 0 saturated heterocycles. The molecule has 2 aromatic carbocycles. The second kappa shape index (κ2) is 8.84. The molecule has 26 heavy (non-hydrogen) atoms. The predicted molar refractivity (Wildman–Crippen MR) is 96.8 cm³/mol. The van der Waals surface area contributed by atoms with E-state index < -0.39 is 0 Å². The monoisotopic (exact) mass is 361 g/mol. The van der Waals surface area contributed by atoms with Crippen molar-refractivity contribution in [3.8, 4) is 28.7 Å². The lowest BCUT2D eigenvalue weighted by Crippen LogP contribution is -2.23. The van der Waals surface area contributed by atoms with Gasteiger partial charge in [-0.3, -0.25) is 4.79 Å². The van der Waals surface area contributed by atoms with Crippen LogP contribution in [-0.2, 0) is 6.54 Å². The molecule has 0 fully saturated rings. The van der Waals surface area contributed by atoms with Gasteiger partial charge in [0.15, 0.2) is 11.5 Å². The van der Waals surface area contributed by atoms with Gasteiger partial charge in [0.2, 0.25) is 0 Å². The van der Waals surface area contributed by atoms with Crippen LogP contribution < -0.4 is 29.0 Å². The van der Waals surface area contributed by atoms with Gasteiger partial charge in [-0.25, -0.2) is 0 Å². The van der Waals surface area contributed by atoms with Crippen molar-refractivity contribution < 1.29 is 28.5 Å². The highest BCUT2D eigenvalue weighted by atomic mass is 16.5. The number of benzene rings is 2. The minimum atomic E-state index is -0.294. The zero-order chi connectivity index (χ0) is 19.1. The molecule has 2 rings (SSSR count). The van der Waals surface area contributed by atoms with Gasteiger partial charge in [0, 0.05) is 18.2 Å². The Bertz CT molecular complexity index is 775. The summed E-state index contributed by atoms with van der Waals surface area (Å²) in [6, 6.07) is 8.52. The van der Waals surface area contributed by atoms with Crippen LogP contribution in [0.25, 0.3) is 0 Å². The van der Waals surface area contributed by atoms with E-state index in [9.17, 15) is 4.79 Å². The first-order valence-corrected chi connectivity index (χ1v) is 7.87. The molecule has 0 radical (unpaired) electrons. The van der Waals surface area contributed by atoms with Gasteiger partial charge in [-0.1, -0.05) is 0 Å². The number of carbonyl (C=O) groups excluding carboxylic acids is 1. The summed E-state index contributed by atoms with van der Waals surface area (Å²) in [7, 11) is 7.70. The molecule has 140 valence electrons. The average molecular weight is 361 g/mol. The maximum atomic E-state index is 12.6. The third kappa shape index (κ3) is 4.11. The van der Waals surface area contributed by atoms with E-state index in [-0.39, 0.29) is 12.5 Å². The molecule has 0 aliphatic rings. The van der Waals surface area contributed by atoms with E-state index in [1.54, 1.807) is 51.7 Å². The lowest BCUT2D eigenvalue weighted by atomic mass is 10.1. The molecule has 0 aliphatic carbocycles. The summed E-state index contributed by atoms with van der Waals surface area (Å²) in [6.45, 7) is 0.239. The van der Waals surface area contributed by atoms with Crippen LogP contribution in [-0.4, -0.2) is 41.5 Å². The molecule has 0 aromatic heterocycles. The lowest BCUT2D eigenvalue weighted by molar-refractivity contribution is 0.0947. The first-order chi connectivity index (χ1) is 12.6. The summed E-state index contributed by atoms with van der Waals surface area (Å²) in [6.07, 6.45) is 0. The van der Waals surface area contributed by atoms with Crippen molar-refractivity contribution in [2.24, 2.45) is 0 Å². The van der Waals surface area contributed by atoms with E-state index in [1.165, 1.54) is 14.2 Å². The van der Waals surface area contributed by atoms with E-state index in [0.717, 1.165) is 5.56 Å². The van der Waals surface area contributed by atoms with Crippen LogP contribution in [0, 0.1) is 0 Å². The number of hydrogen-bond acceptors (Lipinski definition) is 6. The van der Waals surface area contributed by atoms with Gasteiger partial charge < -0.3 is 29.0 Å². The molecule has 0 bridgehead atoms. The summed E-state index contributed by atoms with van der Waals surface area (Å²) in [5, 5.41) is 2.85. The number of methoxy groups -OCH3 is 5. The van der Waals surface area contributed by atoms with E-state index in [0.29, 0.717) is 34.3 Å². The Morgan fingerprint density at radius 3 is 1.96 bits per heavy atom. The molecule has 2 aromatic rings. The van der Waals surface area contributed by atoms with Gasteiger partial charge in [0.1, 0.15) is 17.2 Å². The Morgan fingerprint density at radius 1 is 0.769 bits per heavy atom. The minimum Gasteiger partial charge on any atom is -0.497 e. The van der Waals surface area contributed by atoms with Crippen LogP contribution in [0.5, 0.6) is 28.7 Å². The number of ether oxygens (including phenoxy) is 5. The average Bonchev–Trinajstić information content (AvgIpc) is 2.70. The molecule has 0 aliphatic heterocycles. The standard InChI is InChI=1S/C19H23NO6/c1-22-13-6-7-15(23-2)14(9-13)19(21)20-11-12-8-17(25-4)18(26-5)10-16(12)24-3/h6-10H,11H2,1-5H3,(H,20,21). The van der Waals surface area contributed by atoms with Crippen LogP contribution in [0.2, 0.25) is 0 Å². The van der Waals surface area contributed by atoms with Gasteiger partial charge in [-0.15, -0.1) is 0 Å². The Hall–Kier alpha value is -3.09. The fraction of sp³-hybridized carbons (Fsp3) is 0.316. The second-order valence-electron chi connectivity index (χ2n) is 5.27. The number of carbonyl (C=O) groups is 1. The zero-order valence-electron chi connectivity index (χ0n) is 15.5. The quantitative estimate of drug-likeness (QED) is 0.779. The van der Waals surface area contributed by atoms with Crippen LogP contribution in [0.3, 0.4) is 0 Å². The van der Waals surface area contributed by atoms with Crippen LogP contribution in [0.15, 0.2) is 30.3 Å². The van der Waals surface area contributed by atoms with Gasteiger partial charge in [-0.2, -0.15) is 0 Å². The Labute approximate surface area is 152 Å². The summed E-state index contributed by atoms with van der Waals surface area (Å²) < 4.78 is 26.4. The van der Waals surface area contributed by atoms with Crippen molar-refractivity contribution in [3.05, 3.63) is 41.5 Å². The van der Waals surface area contributed by atoms with Crippen molar-refractivity contribution >= 4 is 5.91 Å². The maximum absolute atomic E-state index is 12.6. The number of nitrogens with one attached hydrogen (secondary N) is 1. The van der Waals surface area contributed by atoms with Crippen LogP contribution >= 0.6 is 0 Å². The fourth-order valence-corrected chi connectivity index (χ4v) is 2.49. The molecule has 0 unspecified atom stereocenters. The summed E-state index contributed by atoms with van der Waals surface area (Å²) in [5.41, 5.74) is 1.13. The van der Waals surface area contributed by atoms with Gasteiger partial charge in [0.05, 0.1) is 41.1 Å². The molecule has 7 heteroatoms. The minimum absolute atomic E-state index is 0.239. The summed E-state index contributed by atoms with van der Waals surface area (Å²) in [5.74, 6) is 2.42. The summed E-state index contributed by atoms with van der Waals surface area (Å²) in [4.78, 5) is 12.6. The molecular formula is C19H23NO6.